The molecule has 2 aromatic carbocycles. The minimum atomic E-state index is -2.99. The van der Waals surface area contributed by atoms with Crippen LogP contribution in [0.5, 0.6) is 11.5 Å². The lowest BCUT2D eigenvalue weighted by atomic mass is 10.0. The van der Waals surface area contributed by atoms with Gasteiger partial charge in [-0.25, -0.2) is 4.39 Å². The number of nitrogens with zero attached hydrogens (tertiary/aromatic N) is 1. The van der Waals surface area contributed by atoms with E-state index in [2.05, 4.69) is 4.74 Å². The third kappa shape index (κ3) is 3.55. The van der Waals surface area contributed by atoms with Gasteiger partial charge < -0.3 is 14.4 Å². The Labute approximate surface area is 142 Å². The fourth-order valence-electron chi connectivity index (χ4n) is 2.93. The first-order valence-corrected chi connectivity index (χ1v) is 7.72. The van der Waals surface area contributed by atoms with Gasteiger partial charge in [0, 0.05) is 17.8 Å². The van der Waals surface area contributed by atoms with Crippen LogP contribution >= 0.6 is 0 Å². The van der Waals surface area contributed by atoms with Gasteiger partial charge in [-0.05, 0) is 54.8 Å². The molecule has 3 rings (SSSR count). The van der Waals surface area contributed by atoms with Gasteiger partial charge in [0.15, 0.2) is 11.5 Å². The minimum Gasteiger partial charge on any atom is -0.493 e. The lowest BCUT2D eigenvalue weighted by molar-refractivity contribution is -0.0512. The maximum atomic E-state index is 13.4. The van der Waals surface area contributed by atoms with Crippen LogP contribution in [0.4, 0.5) is 18.9 Å². The van der Waals surface area contributed by atoms with Gasteiger partial charge in [0.2, 0.25) is 0 Å². The summed E-state index contributed by atoms with van der Waals surface area (Å²) in [4.78, 5) is 14.4. The van der Waals surface area contributed by atoms with E-state index in [4.69, 9.17) is 4.74 Å². The molecule has 0 fully saturated rings. The number of rotatable bonds is 4. The van der Waals surface area contributed by atoms with E-state index in [0.717, 1.165) is 5.56 Å². The molecule has 132 valence electrons. The first-order chi connectivity index (χ1) is 12.0. The molecular weight excluding hydrogens is 335 g/mol. The standard InChI is InChI=1S/C18H16F3NO3/c1-24-16-10-12(4-7-15(16)25-18(20)21)17(23)22-8-2-3-11-9-13(19)5-6-14(11)22/h4-7,9-10,18H,2-3,8H2,1H3. The number of hydrogen-bond acceptors (Lipinski definition) is 3. The number of halogens is 3. The van der Waals surface area contributed by atoms with E-state index in [1.54, 1.807) is 11.0 Å². The summed E-state index contributed by atoms with van der Waals surface area (Å²) in [6.45, 7) is -2.49. The highest BCUT2D eigenvalue weighted by molar-refractivity contribution is 6.07. The molecular formula is C18H16F3NO3. The van der Waals surface area contributed by atoms with Gasteiger partial charge >= 0.3 is 6.61 Å². The van der Waals surface area contributed by atoms with E-state index in [9.17, 15) is 18.0 Å². The summed E-state index contributed by atoms with van der Waals surface area (Å²) in [5.74, 6) is -0.754. The highest BCUT2D eigenvalue weighted by Crippen LogP contribution is 2.32. The van der Waals surface area contributed by atoms with Crippen LogP contribution in [-0.2, 0) is 6.42 Å². The molecule has 1 amide bonds. The van der Waals surface area contributed by atoms with Crippen molar-refractivity contribution in [3.8, 4) is 11.5 Å². The molecule has 7 heteroatoms. The zero-order valence-electron chi connectivity index (χ0n) is 13.5. The predicted molar refractivity (Wildman–Crippen MR) is 86.0 cm³/mol. The molecule has 1 aliphatic rings. The zero-order chi connectivity index (χ0) is 18.0. The average Bonchev–Trinajstić information content (AvgIpc) is 2.60. The van der Waals surface area contributed by atoms with Crippen LogP contribution in [0.15, 0.2) is 36.4 Å². The maximum absolute atomic E-state index is 13.4. The summed E-state index contributed by atoms with van der Waals surface area (Å²) in [6.07, 6.45) is 1.41. The number of amides is 1. The Kier molecular flexibility index (Phi) is 4.83. The molecule has 1 heterocycles. The third-order valence-corrected chi connectivity index (χ3v) is 4.03. The van der Waals surface area contributed by atoms with E-state index >= 15 is 0 Å². The maximum Gasteiger partial charge on any atom is 0.387 e. The number of ether oxygens (including phenoxy) is 2. The lowest BCUT2D eigenvalue weighted by Crippen LogP contribution is -2.35. The molecule has 0 bridgehead atoms. The normalized spacial score (nSPS) is 13.6. The topological polar surface area (TPSA) is 38.8 Å². The summed E-state index contributed by atoms with van der Waals surface area (Å²) in [5, 5.41) is 0. The van der Waals surface area contributed by atoms with Gasteiger partial charge in [0.05, 0.1) is 7.11 Å². The van der Waals surface area contributed by atoms with Crippen molar-refractivity contribution >= 4 is 11.6 Å². The highest BCUT2D eigenvalue weighted by atomic mass is 19.3. The molecule has 0 radical (unpaired) electrons. The van der Waals surface area contributed by atoms with E-state index in [1.165, 1.54) is 37.4 Å². The van der Waals surface area contributed by atoms with Crippen molar-refractivity contribution in [3.05, 3.63) is 53.3 Å². The Hall–Kier alpha value is -2.70. The number of aryl methyl sites for hydroxylation is 1. The van der Waals surface area contributed by atoms with Crippen LogP contribution < -0.4 is 14.4 Å². The molecule has 0 spiro atoms. The lowest BCUT2D eigenvalue weighted by Gasteiger charge is -2.29. The fourth-order valence-corrected chi connectivity index (χ4v) is 2.93. The quantitative estimate of drug-likeness (QED) is 0.835. The average molecular weight is 351 g/mol. The van der Waals surface area contributed by atoms with Crippen LogP contribution in [0, 0.1) is 5.82 Å². The number of carbonyl (C=O) groups excluding carboxylic acids is 1. The molecule has 0 aromatic heterocycles. The third-order valence-electron chi connectivity index (χ3n) is 4.03. The molecule has 0 aliphatic carbocycles. The Morgan fingerprint density at radius 1 is 1.16 bits per heavy atom. The molecule has 0 saturated heterocycles. The first-order valence-electron chi connectivity index (χ1n) is 7.72. The van der Waals surface area contributed by atoms with E-state index < -0.39 is 6.61 Å². The number of hydrogen-bond donors (Lipinski definition) is 0. The highest BCUT2D eigenvalue weighted by Gasteiger charge is 2.25. The van der Waals surface area contributed by atoms with E-state index in [-0.39, 0.29) is 28.8 Å². The van der Waals surface area contributed by atoms with Gasteiger partial charge in [0.1, 0.15) is 5.82 Å². The van der Waals surface area contributed by atoms with Crippen molar-refractivity contribution < 1.29 is 27.4 Å². The summed E-state index contributed by atoms with van der Waals surface area (Å²) >= 11 is 0. The molecule has 0 unspecified atom stereocenters. The molecule has 4 nitrogen and oxygen atoms in total. The molecule has 0 atom stereocenters. The van der Waals surface area contributed by atoms with Crippen LogP contribution in [0.25, 0.3) is 0 Å². The molecule has 25 heavy (non-hydrogen) atoms. The summed E-state index contributed by atoms with van der Waals surface area (Å²) in [5.41, 5.74) is 1.70. The fraction of sp³-hybridized carbons (Fsp3) is 0.278. The van der Waals surface area contributed by atoms with Crippen LogP contribution in [0.1, 0.15) is 22.3 Å². The largest absolute Gasteiger partial charge is 0.493 e. The molecule has 2 aromatic rings. The van der Waals surface area contributed by atoms with Gasteiger partial charge in [-0.2, -0.15) is 8.78 Å². The van der Waals surface area contributed by atoms with Crippen molar-refractivity contribution in [1.82, 2.24) is 0 Å². The van der Waals surface area contributed by atoms with Crippen molar-refractivity contribution in [2.24, 2.45) is 0 Å². The number of anilines is 1. The number of alkyl halides is 2. The van der Waals surface area contributed by atoms with Crippen molar-refractivity contribution in [3.63, 3.8) is 0 Å². The molecule has 0 saturated carbocycles. The molecule has 0 N–H and O–H groups in total. The number of benzene rings is 2. The Balaban J connectivity index is 1.92. The summed E-state index contributed by atoms with van der Waals surface area (Å²) < 4.78 is 47.6. The zero-order valence-corrected chi connectivity index (χ0v) is 13.5. The van der Waals surface area contributed by atoms with E-state index in [0.29, 0.717) is 25.1 Å². The first kappa shape index (κ1) is 17.1. The predicted octanol–water partition coefficient (Wildman–Crippen LogP) is 4.03. The Morgan fingerprint density at radius 3 is 2.68 bits per heavy atom. The number of fused-ring (bicyclic) bond motifs is 1. The van der Waals surface area contributed by atoms with Crippen molar-refractivity contribution in [2.75, 3.05) is 18.6 Å². The van der Waals surface area contributed by atoms with E-state index in [1.807, 2.05) is 0 Å². The van der Waals surface area contributed by atoms with Crippen LogP contribution in [0.2, 0.25) is 0 Å². The van der Waals surface area contributed by atoms with Gasteiger partial charge in [-0.1, -0.05) is 0 Å². The monoisotopic (exact) mass is 351 g/mol. The van der Waals surface area contributed by atoms with Crippen LogP contribution in [-0.4, -0.2) is 26.2 Å². The summed E-state index contributed by atoms with van der Waals surface area (Å²) in [6, 6.07) is 8.35. The second-order valence-electron chi connectivity index (χ2n) is 5.58. The summed E-state index contributed by atoms with van der Waals surface area (Å²) in [7, 11) is 1.31. The smallest absolute Gasteiger partial charge is 0.387 e. The number of carbonyl (C=O) groups is 1. The van der Waals surface area contributed by atoms with Crippen LogP contribution in [0.3, 0.4) is 0 Å². The second kappa shape index (κ2) is 7.04. The van der Waals surface area contributed by atoms with Gasteiger partial charge in [-0.3, -0.25) is 4.79 Å². The second-order valence-corrected chi connectivity index (χ2v) is 5.58. The Bertz CT molecular complexity index is 795. The SMILES string of the molecule is COc1cc(C(=O)N2CCCc3cc(F)ccc32)ccc1OC(F)F. The van der Waals surface area contributed by atoms with Gasteiger partial charge in [-0.15, -0.1) is 0 Å². The molecule has 1 aliphatic heterocycles. The Morgan fingerprint density at radius 2 is 1.96 bits per heavy atom. The van der Waals surface area contributed by atoms with Gasteiger partial charge in [0.25, 0.3) is 5.91 Å². The number of methoxy groups -OCH3 is 1. The minimum absolute atomic E-state index is 0.0440. The van der Waals surface area contributed by atoms with Crippen molar-refractivity contribution in [1.29, 1.82) is 0 Å². The van der Waals surface area contributed by atoms with Crippen molar-refractivity contribution in [2.45, 2.75) is 19.5 Å².